The van der Waals surface area contributed by atoms with Crippen molar-refractivity contribution in [2.24, 2.45) is 11.5 Å². The van der Waals surface area contributed by atoms with Crippen molar-refractivity contribution < 1.29 is 22.6 Å². The molecule has 2 atom stereocenters. The number of nitrogens with one attached hydrogen (secondary N) is 4. The molecule has 228 valence electrons. The number of alkyl halides is 3. The van der Waals surface area contributed by atoms with Gasteiger partial charge in [-0.05, 0) is 73.3 Å². The number of rotatable bonds is 10. The molecule has 0 saturated carbocycles. The number of guanidine groups is 1. The van der Waals surface area contributed by atoms with Gasteiger partial charge in [0.2, 0.25) is 0 Å². The summed E-state index contributed by atoms with van der Waals surface area (Å²) in [4.78, 5) is 20.1. The van der Waals surface area contributed by atoms with Crippen LogP contribution in [0.15, 0.2) is 59.5 Å². The van der Waals surface area contributed by atoms with Crippen LogP contribution in [0.1, 0.15) is 36.5 Å². The normalized spacial score (nSPS) is 17.2. The maximum atomic E-state index is 13.1. The summed E-state index contributed by atoms with van der Waals surface area (Å²) in [5, 5.41) is 13.8. The summed E-state index contributed by atoms with van der Waals surface area (Å²) < 4.78 is 50.9. The summed E-state index contributed by atoms with van der Waals surface area (Å²) in [6.45, 7) is 2.39. The maximum absolute atomic E-state index is 13.1. The second-order valence-electron chi connectivity index (χ2n) is 10.4. The molecule has 0 unspecified atom stereocenters. The highest BCUT2D eigenvalue weighted by Crippen LogP contribution is 2.36. The van der Waals surface area contributed by atoms with Gasteiger partial charge < -0.3 is 36.6 Å². The molecule has 0 amide bonds. The second kappa shape index (κ2) is 12.9. The first-order chi connectivity index (χ1) is 20.5. The van der Waals surface area contributed by atoms with Crippen molar-refractivity contribution in [2.75, 3.05) is 19.7 Å². The van der Waals surface area contributed by atoms with Gasteiger partial charge in [0.15, 0.2) is 5.96 Å². The molecule has 2 aromatic carbocycles. The largest absolute Gasteiger partial charge is 0.573 e. The van der Waals surface area contributed by atoms with Gasteiger partial charge in [0.1, 0.15) is 11.4 Å². The van der Waals surface area contributed by atoms with Gasteiger partial charge in [0.05, 0.1) is 11.8 Å². The highest BCUT2D eigenvalue weighted by atomic mass is 19.4. The summed E-state index contributed by atoms with van der Waals surface area (Å²) >= 11 is 0. The van der Waals surface area contributed by atoms with Crippen LogP contribution in [0.2, 0.25) is 0 Å². The lowest BCUT2D eigenvalue weighted by Crippen LogP contribution is -2.32. The number of hydrogen-bond donors (Lipinski definition) is 6. The van der Waals surface area contributed by atoms with E-state index >= 15 is 0 Å². The fraction of sp³-hybridized carbons (Fsp3) is 0.345. The van der Waals surface area contributed by atoms with E-state index in [0.717, 1.165) is 18.5 Å². The zero-order valence-electron chi connectivity index (χ0n) is 23.2. The first-order valence-electron chi connectivity index (χ1n) is 13.8. The highest BCUT2D eigenvalue weighted by molar-refractivity contribution is 5.83. The van der Waals surface area contributed by atoms with Crippen molar-refractivity contribution in [3.8, 4) is 22.7 Å². The number of aromatic amines is 1. The molecule has 0 aliphatic carbocycles. The van der Waals surface area contributed by atoms with E-state index in [0.29, 0.717) is 66.1 Å². The Kier molecular flexibility index (Phi) is 8.99. The van der Waals surface area contributed by atoms with Crippen LogP contribution in [0, 0.1) is 5.41 Å². The van der Waals surface area contributed by atoms with Crippen LogP contribution >= 0.6 is 0 Å². The van der Waals surface area contributed by atoms with Crippen LogP contribution in [-0.4, -0.2) is 52.6 Å². The Bertz CT molecular complexity index is 1630. The number of H-pyrrole nitrogens is 1. The van der Waals surface area contributed by atoms with Gasteiger partial charge in [-0.2, -0.15) is 4.98 Å². The molecule has 1 saturated heterocycles. The molecule has 0 spiro atoms. The Hall–Kier alpha value is -4.40. The van der Waals surface area contributed by atoms with Crippen LogP contribution in [0.5, 0.6) is 5.75 Å². The van der Waals surface area contributed by atoms with Crippen molar-refractivity contribution in [1.29, 1.82) is 5.41 Å². The molecule has 8 N–H and O–H groups in total. The van der Waals surface area contributed by atoms with Gasteiger partial charge in [-0.25, -0.2) is 4.79 Å². The van der Waals surface area contributed by atoms with Gasteiger partial charge in [0.25, 0.3) is 0 Å². The fourth-order valence-electron chi connectivity index (χ4n) is 4.99. The van der Waals surface area contributed by atoms with E-state index in [1.54, 1.807) is 18.3 Å². The molecule has 5 rings (SSSR count). The van der Waals surface area contributed by atoms with E-state index in [9.17, 15) is 18.0 Å². The summed E-state index contributed by atoms with van der Waals surface area (Å²) in [5.74, 6) is -0.431. The molecule has 11 nitrogen and oxygen atoms in total. The molecule has 0 radical (unpaired) electrons. The Balaban J connectivity index is 1.37. The number of fused-ring (bicyclic) bond motifs is 1. The van der Waals surface area contributed by atoms with Crippen LogP contribution in [0.3, 0.4) is 0 Å². The van der Waals surface area contributed by atoms with Crippen molar-refractivity contribution in [3.05, 3.63) is 76.3 Å². The molecule has 0 bridgehead atoms. The first kappa shape index (κ1) is 30.1. The molecule has 3 heterocycles. The molecular weight excluding hydrogens is 565 g/mol. The second-order valence-corrected chi connectivity index (χ2v) is 10.4. The van der Waals surface area contributed by atoms with Gasteiger partial charge in [-0.1, -0.05) is 12.1 Å². The molecule has 1 aliphatic heterocycles. The predicted molar refractivity (Wildman–Crippen MR) is 156 cm³/mol. The molecule has 1 aliphatic rings. The molecule has 1 fully saturated rings. The van der Waals surface area contributed by atoms with E-state index in [1.807, 2.05) is 24.3 Å². The Labute approximate surface area is 244 Å². The smallest absolute Gasteiger partial charge is 0.406 e. The van der Waals surface area contributed by atoms with Crippen LogP contribution < -0.4 is 32.5 Å². The zero-order chi connectivity index (χ0) is 30.6. The van der Waals surface area contributed by atoms with Crippen molar-refractivity contribution in [3.63, 3.8) is 0 Å². The van der Waals surface area contributed by atoms with Gasteiger partial charge in [-0.3, -0.25) is 9.98 Å². The number of halogens is 3. The Morgan fingerprint density at radius 2 is 1.98 bits per heavy atom. The standard InChI is InChI=1S/C29H33F3N8O3/c30-29(31,32)43-23-11-18(10-19(12-23)25-14-21(33)6-9-42-25)24-13-20-16-40(28(41)39-26(20)38-24)22-4-2-17(3-5-22)15-36-7-1-8-37-27(34)35/h2-5,10-13,16,21,25,36H,1,6-9,14-15,33H2,(H4,34,35,37)(H,38,39,41)/t21-,25-/m1/s1. The molecule has 2 aromatic heterocycles. The monoisotopic (exact) mass is 598 g/mol. The number of hydrogen-bond acceptors (Lipinski definition) is 7. The highest BCUT2D eigenvalue weighted by Gasteiger charge is 2.32. The van der Waals surface area contributed by atoms with Crippen molar-refractivity contribution >= 4 is 17.0 Å². The molecule has 14 heteroatoms. The van der Waals surface area contributed by atoms with E-state index in [4.69, 9.17) is 21.6 Å². The molecule has 4 aromatic rings. The summed E-state index contributed by atoms with van der Waals surface area (Å²) in [5.41, 5.74) is 14.2. The third-order valence-electron chi connectivity index (χ3n) is 7.07. The number of ether oxygens (including phenoxy) is 2. The maximum Gasteiger partial charge on any atom is 0.573 e. The average molecular weight is 599 g/mol. The summed E-state index contributed by atoms with van der Waals surface area (Å²) in [7, 11) is 0. The average Bonchev–Trinajstić information content (AvgIpc) is 3.36. The third-order valence-corrected chi connectivity index (χ3v) is 7.07. The van der Waals surface area contributed by atoms with Gasteiger partial charge in [-0.15, -0.1) is 13.2 Å². The van der Waals surface area contributed by atoms with Gasteiger partial charge >= 0.3 is 12.1 Å². The Morgan fingerprint density at radius 1 is 1.19 bits per heavy atom. The number of nitrogens with two attached hydrogens (primary N) is 2. The quantitative estimate of drug-likeness (QED) is 0.0917. The Morgan fingerprint density at radius 3 is 2.70 bits per heavy atom. The van der Waals surface area contributed by atoms with E-state index in [1.165, 1.54) is 16.7 Å². The van der Waals surface area contributed by atoms with Crippen LogP contribution in [-0.2, 0) is 11.3 Å². The van der Waals surface area contributed by atoms with Crippen LogP contribution in [0.4, 0.5) is 13.2 Å². The van der Waals surface area contributed by atoms with E-state index in [2.05, 4.69) is 25.3 Å². The number of aromatic nitrogens is 3. The number of nitrogens with zero attached hydrogens (tertiary/aromatic N) is 2. The van der Waals surface area contributed by atoms with Crippen molar-refractivity contribution in [2.45, 2.75) is 44.3 Å². The van der Waals surface area contributed by atoms with Gasteiger partial charge in [0, 0.05) is 48.6 Å². The number of benzene rings is 2. The topological polar surface area (TPSA) is 169 Å². The van der Waals surface area contributed by atoms with Crippen LogP contribution in [0.25, 0.3) is 28.0 Å². The molecular formula is C29H33F3N8O3. The lowest BCUT2D eigenvalue weighted by atomic mass is 9.96. The minimum absolute atomic E-state index is 0.0522. The fourth-order valence-corrected chi connectivity index (χ4v) is 4.99. The van der Waals surface area contributed by atoms with Crippen molar-refractivity contribution in [1.82, 2.24) is 25.2 Å². The first-order valence-corrected chi connectivity index (χ1v) is 13.8. The summed E-state index contributed by atoms with van der Waals surface area (Å²) in [6, 6.07) is 13.4. The third kappa shape index (κ3) is 7.91. The minimum Gasteiger partial charge on any atom is -0.406 e. The lowest BCUT2D eigenvalue weighted by Gasteiger charge is -2.28. The molecule has 43 heavy (non-hydrogen) atoms. The SMILES string of the molecule is N=C(N)NCCCNCc1ccc(-n2cc3cc(-c4cc(OC(F)(F)F)cc([C@H]5C[C@H](N)CCO5)c4)[nH]c3nc2=O)cc1. The van der Waals surface area contributed by atoms with E-state index < -0.39 is 18.2 Å². The van der Waals surface area contributed by atoms with E-state index in [-0.39, 0.29) is 17.8 Å². The summed E-state index contributed by atoms with van der Waals surface area (Å²) in [6.07, 6.45) is -1.76. The predicted octanol–water partition coefficient (Wildman–Crippen LogP) is 3.42. The minimum atomic E-state index is -4.87. The zero-order valence-corrected chi connectivity index (χ0v) is 23.2. The lowest BCUT2D eigenvalue weighted by molar-refractivity contribution is -0.274.